The highest BCUT2D eigenvalue weighted by Gasteiger charge is 2.19. The summed E-state index contributed by atoms with van der Waals surface area (Å²) in [6, 6.07) is 0. The standard InChI is InChI=1S/C73H134O6/c1-4-7-10-13-16-19-22-25-28-30-31-32-33-34-35-36-37-38-39-40-41-42-44-45-48-51-54-57-60-63-66-72(75)78-69-70(68-77-71(74)65-62-59-56-53-50-47-27-24-21-18-15-12-9-6-3)79-73(76)67-64-61-58-55-52-49-46-43-29-26-23-20-17-14-11-8-5-2/h8,11,17,20,24,26-27,29,70H,4-7,9-10,12-16,18-19,21-23,25,28,30-69H2,1-3H3/b11-8-,20-17-,27-24-,29-26-. The van der Waals surface area contributed by atoms with Crippen molar-refractivity contribution >= 4 is 17.9 Å². The lowest BCUT2D eigenvalue weighted by molar-refractivity contribution is -0.167. The van der Waals surface area contributed by atoms with Crippen molar-refractivity contribution in [3.05, 3.63) is 48.6 Å². The van der Waals surface area contributed by atoms with Gasteiger partial charge in [-0.15, -0.1) is 0 Å². The highest BCUT2D eigenvalue weighted by atomic mass is 16.6. The van der Waals surface area contributed by atoms with E-state index >= 15 is 0 Å². The van der Waals surface area contributed by atoms with Gasteiger partial charge < -0.3 is 14.2 Å². The molecule has 0 aromatic heterocycles. The maximum atomic E-state index is 12.9. The molecule has 1 unspecified atom stereocenters. The molecule has 79 heavy (non-hydrogen) atoms. The third-order valence-corrected chi connectivity index (χ3v) is 15.8. The number of carbonyl (C=O) groups is 3. The Morgan fingerprint density at radius 3 is 0.785 bits per heavy atom. The minimum absolute atomic E-state index is 0.0761. The van der Waals surface area contributed by atoms with Gasteiger partial charge >= 0.3 is 17.9 Å². The van der Waals surface area contributed by atoms with Crippen LogP contribution >= 0.6 is 0 Å². The van der Waals surface area contributed by atoms with E-state index in [-0.39, 0.29) is 31.1 Å². The summed E-state index contributed by atoms with van der Waals surface area (Å²) in [5.41, 5.74) is 0. The van der Waals surface area contributed by atoms with Crippen LogP contribution in [0.5, 0.6) is 0 Å². The topological polar surface area (TPSA) is 78.9 Å². The van der Waals surface area contributed by atoms with Gasteiger partial charge in [0.2, 0.25) is 0 Å². The number of esters is 3. The maximum Gasteiger partial charge on any atom is 0.306 e. The molecule has 0 aromatic rings. The smallest absolute Gasteiger partial charge is 0.306 e. The lowest BCUT2D eigenvalue weighted by atomic mass is 10.0. The molecule has 6 nitrogen and oxygen atoms in total. The molecule has 0 fully saturated rings. The van der Waals surface area contributed by atoms with Crippen molar-refractivity contribution in [1.82, 2.24) is 0 Å². The first-order valence-electron chi connectivity index (χ1n) is 35.1. The van der Waals surface area contributed by atoms with Gasteiger partial charge in [-0.3, -0.25) is 14.4 Å². The zero-order valence-electron chi connectivity index (χ0n) is 53.2. The molecule has 0 N–H and O–H groups in total. The van der Waals surface area contributed by atoms with Gasteiger partial charge in [-0.25, -0.2) is 0 Å². The summed E-state index contributed by atoms with van der Waals surface area (Å²) in [7, 11) is 0. The SMILES string of the molecule is CC/C=C\C/C=C\C/C=C\CCCCCCCCCC(=O)OC(COC(=O)CCCCCCC/C=C\CCCCCCC)COC(=O)CCCCCCCCCCCCCCCCCCCCCCCCCCCCCCCC. The molecule has 0 saturated carbocycles. The molecule has 1 atom stereocenters. The molecule has 0 aromatic carbocycles. The zero-order valence-corrected chi connectivity index (χ0v) is 53.2. The summed E-state index contributed by atoms with van der Waals surface area (Å²) in [6.07, 6.45) is 85.8. The second-order valence-corrected chi connectivity index (χ2v) is 23.8. The number of carbonyl (C=O) groups excluding carboxylic acids is 3. The number of hydrogen-bond acceptors (Lipinski definition) is 6. The van der Waals surface area contributed by atoms with Crippen molar-refractivity contribution < 1.29 is 28.6 Å². The van der Waals surface area contributed by atoms with E-state index in [0.717, 1.165) is 89.9 Å². The summed E-state index contributed by atoms with van der Waals surface area (Å²) in [6.45, 7) is 6.57. The van der Waals surface area contributed by atoms with Crippen molar-refractivity contribution in [2.24, 2.45) is 0 Å². The van der Waals surface area contributed by atoms with Gasteiger partial charge in [-0.05, 0) is 77.0 Å². The predicted molar refractivity (Wildman–Crippen MR) is 344 cm³/mol. The van der Waals surface area contributed by atoms with Crippen LogP contribution in [0, 0.1) is 0 Å². The first-order chi connectivity index (χ1) is 39.0. The second kappa shape index (κ2) is 67.9. The fourth-order valence-corrected chi connectivity index (χ4v) is 10.6. The molecule has 0 spiro atoms. The van der Waals surface area contributed by atoms with Crippen LogP contribution in [0.15, 0.2) is 48.6 Å². The Morgan fingerprint density at radius 1 is 0.266 bits per heavy atom. The van der Waals surface area contributed by atoms with E-state index in [1.807, 2.05) is 0 Å². The largest absolute Gasteiger partial charge is 0.462 e. The van der Waals surface area contributed by atoms with Gasteiger partial charge in [0.05, 0.1) is 0 Å². The average molecular weight is 1110 g/mol. The number of ether oxygens (including phenoxy) is 3. The summed E-state index contributed by atoms with van der Waals surface area (Å²) >= 11 is 0. The second-order valence-electron chi connectivity index (χ2n) is 23.8. The van der Waals surface area contributed by atoms with E-state index in [2.05, 4.69) is 69.4 Å². The molecule has 462 valence electrons. The molecular weight excluding hydrogens is 973 g/mol. The molecule has 0 bridgehead atoms. The van der Waals surface area contributed by atoms with E-state index < -0.39 is 6.10 Å². The van der Waals surface area contributed by atoms with Crippen LogP contribution in [-0.4, -0.2) is 37.2 Å². The van der Waals surface area contributed by atoms with Crippen molar-refractivity contribution in [3.8, 4) is 0 Å². The Labute approximate surface area is 492 Å². The van der Waals surface area contributed by atoms with Crippen LogP contribution in [0.2, 0.25) is 0 Å². The molecule has 0 heterocycles. The normalized spacial score (nSPS) is 12.3. The predicted octanol–water partition coefficient (Wildman–Crippen LogP) is 24.1. The van der Waals surface area contributed by atoms with Gasteiger partial charge in [0.15, 0.2) is 6.10 Å². The Morgan fingerprint density at radius 2 is 0.494 bits per heavy atom. The van der Waals surface area contributed by atoms with Crippen molar-refractivity contribution in [1.29, 1.82) is 0 Å². The van der Waals surface area contributed by atoms with Gasteiger partial charge in [-0.1, -0.05) is 333 Å². The summed E-state index contributed by atoms with van der Waals surface area (Å²) in [5.74, 6) is -0.872. The Balaban J connectivity index is 4.17. The molecule has 0 aliphatic rings. The van der Waals surface area contributed by atoms with Crippen LogP contribution < -0.4 is 0 Å². The van der Waals surface area contributed by atoms with E-state index in [0.29, 0.717) is 19.3 Å². The molecule has 0 aliphatic heterocycles. The van der Waals surface area contributed by atoms with E-state index in [4.69, 9.17) is 14.2 Å². The number of rotatable bonds is 65. The van der Waals surface area contributed by atoms with E-state index in [9.17, 15) is 14.4 Å². The summed E-state index contributed by atoms with van der Waals surface area (Å²) in [5, 5.41) is 0. The quantitative estimate of drug-likeness (QED) is 0.0261. The van der Waals surface area contributed by atoms with Crippen LogP contribution in [0.1, 0.15) is 380 Å². The lowest BCUT2D eigenvalue weighted by Gasteiger charge is -2.18. The van der Waals surface area contributed by atoms with Crippen LogP contribution in [0.25, 0.3) is 0 Å². The third-order valence-electron chi connectivity index (χ3n) is 15.8. The van der Waals surface area contributed by atoms with Crippen molar-refractivity contribution in [2.45, 2.75) is 386 Å². The average Bonchev–Trinajstić information content (AvgIpc) is 3.45. The minimum atomic E-state index is -0.781. The molecule has 0 rings (SSSR count). The van der Waals surface area contributed by atoms with Crippen LogP contribution in [0.3, 0.4) is 0 Å². The molecule has 6 heteroatoms. The first-order valence-corrected chi connectivity index (χ1v) is 35.1. The van der Waals surface area contributed by atoms with E-state index in [1.54, 1.807) is 0 Å². The number of allylic oxidation sites excluding steroid dienone is 8. The Bertz CT molecular complexity index is 1360. The van der Waals surface area contributed by atoms with Crippen molar-refractivity contribution in [2.75, 3.05) is 13.2 Å². The van der Waals surface area contributed by atoms with Gasteiger partial charge in [0.25, 0.3) is 0 Å². The molecule has 0 radical (unpaired) electrons. The molecule has 0 saturated heterocycles. The highest BCUT2D eigenvalue weighted by molar-refractivity contribution is 5.71. The monoisotopic (exact) mass is 1110 g/mol. The van der Waals surface area contributed by atoms with Crippen LogP contribution in [-0.2, 0) is 28.6 Å². The van der Waals surface area contributed by atoms with Gasteiger partial charge in [0.1, 0.15) is 13.2 Å². The zero-order chi connectivity index (χ0) is 57.1. The fraction of sp³-hybridized carbons (Fsp3) is 0.849. The molecule has 0 aliphatic carbocycles. The summed E-state index contributed by atoms with van der Waals surface area (Å²) < 4.78 is 17.0. The van der Waals surface area contributed by atoms with Gasteiger partial charge in [-0.2, -0.15) is 0 Å². The number of hydrogen-bond donors (Lipinski definition) is 0. The molecular formula is C73H134O6. The van der Waals surface area contributed by atoms with Gasteiger partial charge in [0, 0.05) is 19.3 Å². The fourth-order valence-electron chi connectivity index (χ4n) is 10.6. The Kier molecular flexibility index (Phi) is 65.6. The van der Waals surface area contributed by atoms with Crippen molar-refractivity contribution in [3.63, 3.8) is 0 Å². The first kappa shape index (κ1) is 76.4. The third kappa shape index (κ3) is 66.1. The van der Waals surface area contributed by atoms with Crippen LogP contribution in [0.4, 0.5) is 0 Å². The minimum Gasteiger partial charge on any atom is -0.462 e. The molecule has 0 amide bonds. The Hall–Kier alpha value is -2.63. The highest BCUT2D eigenvalue weighted by Crippen LogP contribution is 2.18. The number of unbranched alkanes of at least 4 members (excludes halogenated alkanes) is 46. The summed E-state index contributed by atoms with van der Waals surface area (Å²) in [4.78, 5) is 38.4. The lowest BCUT2D eigenvalue weighted by Crippen LogP contribution is -2.30. The van der Waals surface area contributed by atoms with E-state index in [1.165, 1.54) is 250 Å². The maximum absolute atomic E-state index is 12.9.